The van der Waals surface area contributed by atoms with Crippen molar-refractivity contribution in [3.05, 3.63) is 12.2 Å². The number of aromatic nitrogens is 2. The molecule has 1 aromatic heterocycles. The molecular formula is C11H19N3O. The number of nitrogens with one attached hydrogen (secondary N) is 1. The summed E-state index contributed by atoms with van der Waals surface area (Å²) in [7, 11) is 0. The first-order chi connectivity index (χ1) is 7.18. The summed E-state index contributed by atoms with van der Waals surface area (Å²) in [5.74, 6) is 0.790. The van der Waals surface area contributed by atoms with E-state index in [9.17, 15) is 0 Å². The summed E-state index contributed by atoms with van der Waals surface area (Å²) in [6.07, 6.45) is 6.19. The molecule has 84 valence electrons. The fourth-order valence-corrected chi connectivity index (χ4v) is 2.37. The molecule has 1 aliphatic rings. The van der Waals surface area contributed by atoms with Gasteiger partial charge in [0.05, 0.1) is 0 Å². The first-order valence-corrected chi connectivity index (χ1v) is 5.67. The molecule has 0 aromatic carbocycles. The summed E-state index contributed by atoms with van der Waals surface area (Å²) >= 11 is 0. The topological polar surface area (TPSA) is 51.0 Å². The third-order valence-electron chi connectivity index (χ3n) is 3.40. The first kappa shape index (κ1) is 10.6. The molecule has 0 saturated heterocycles. The van der Waals surface area contributed by atoms with Crippen molar-refractivity contribution in [2.24, 2.45) is 5.41 Å². The van der Waals surface area contributed by atoms with Crippen molar-refractivity contribution in [3.8, 4) is 0 Å². The molecule has 0 spiro atoms. The highest BCUT2D eigenvalue weighted by Gasteiger charge is 2.33. The van der Waals surface area contributed by atoms with Gasteiger partial charge < -0.3 is 9.84 Å². The van der Waals surface area contributed by atoms with Crippen molar-refractivity contribution < 1.29 is 4.52 Å². The summed E-state index contributed by atoms with van der Waals surface area (Å²) in [6.45, 7) is 5.62. The van der Waals surface area contributed by atoms with Crippen LogP contribution in [0, 0.1) is 5.41 Å². The zero-order chi connectivity index (χ0) is 10.7. The highest BCUT2D eigenvalue weighted by molar-refractivity contribution is 4.91. The SMILES string of the molecule is CC1(C)CCCC1NCCc1ncon1. The molecule has 1 unspecified atom stereocenters. The average molecular weight is 209 g/mol. The van der Waals surface area contributed by atoms with Gasteiger partial charge in [0, 0.05) is 19.0 Å². The van der Waals surface area contributed by atoms with Crippen LogP contribution in [0.2, 0.25) is 0 Å². The Balaban J connectivity index is 1.74. The molecule has 4 nitrogen and oxygen atoms in total. The van der Waals surface area contributed by atoms with Gasteiger partial charge in [-0.05, 0) is 18.3 Å². The van der Waals surface area contributed by atoms with Crippen molar-refractivity contribution >= 4 is 0 Å². The fourth-order valence-electron chi connectivity index (χ4n) is 2.37. The van der Waals surface area contributed by atoms with Gasteiger partial charge in [0.15, 0.2) is 5.82 Å². The Labute approximate surface area is 90.4 Å². The minimum atomic E-state index is 0.442. The number of nitrogens with zero attached hydrogens (tertiary/aromatic N) is 2. The molecule has 0 radical (unpaired) electrons. The Morgan fingerprint density at radius 3 is 3.07 bits per heavy atom. The lowest BCUT2D eigenvalue weighted by Crippen LogP contribution is -2.38. The van der Waals surface area contributed by atoms with E-state index in [-0.39, 0.29) is 0 Å². The molecule has 1 heterocycles. The lowest BCUT2D eigenvalue weighted by atomic mass is 9.87. The monoisotopic (exact) mass is 209 g/mol. The van der Waals surface area contributed by atoms with E-state index >= 15 is 0 Å². The minimum Gasteiger partial charge on any atom is -0.343 e. The van der Waals surface area contributed by atoms with Crippen LogP contribution >= 0.6 is 0 Å². The Bertz CT molecular complexity index is 295. The van der Waals surface area contributed by atoms with Crippen molar-refractivity contribution in [3.63, 3.8) is 0 Å². The van der Waals surface area contributed by atoms with E-state index in [0.717, 1.165) is 18.8 Å². The number of hydrogen-bond acceptors (Lipinski definition) is 4. The van der Waals surface area contributed by atoms with E-state index in [1.807, 2.05) is 0 Å². The number of hydrogen-bond donors (Lipinski definition) is 1. The van der Waals surface area contributed by atoms with Crippen LogP contribution in [-0.4, -0.2) is 22.7 Å². The van der Waals surface area contributed by atoms with E-state index in [4.69, 9.17) is 0 Å². The first-order valence-electron chi connectivity index (χ1n) is 5.67. The summed E-state index contributed by atoms with van der Waals surface area (Å²) in [5, 5.41) is 7.38. The van der Waals surface area contributed by atoms with Gasteiger partial charge in [-0.3, -0.25) is 0 Å². The van der Waals surface area contributed by atoms with Gasteiger partial charge >= 0.3 is 0 Å². The zero-order valence-electron chi connectivity index (χ0n) is 9.49. The summed E-state index contributed by atoms with van der Waals surface area (Å²) in [4.78, 5) is 4.00. The molecule has 1 fully saturated rings. The maximum absolute atomic E-state index is 4.69. The fraction of sp³-hybridized carbons (Fsp3) is 0.818. The third kappa shape index (κ3) is 2.56. The molecule has 0 aliphatic heterocycles. The second-order valence-corrected chi connectivity index (χ2v) is 4.98. The lowest BCUT2D eigenvalue weighted by Gasteiger charge is -2.27. The molecular weight excluding hydrogens is 190 g/mol. The predicted molar refractivity (Wildman–Crippen MR) is 57.4 cm³/mol. The van der Waals surface area contributed by atoms with E-state index in [1.54, 1.807) is 0 Å². The van der Waals surface area contributed by atoms with Gasteiger partial charge in [0.25, 0.3) is 0 Å². The Morgan fingerprint density at radius 1 is 1.60 bits per heavy atom. The predicted octanol–water partition coefficient (Wildman–Crippen LogP) is 1.78. The van der Waals surface area contributed by atoms with Gasteiger partial charge in [0.2, 0.25) is 6.39 Å². The van der Waals surface area contributed by atoms with E-state index in [1.165, 1.54) is 25.7 Å². The summed E-state index contributed by atoms with van der Waals surface area (Å²) in [5.41, 5.74) is 0.442. The van der Waals surface area contributed by atoms with E-state index in [0.29, 0.717) is 11.5 Å². The van der Waals surface area contributed by atoms with Gasteiger partial charge in [-0.15, -0.1) is 0 Å². The van der Waals surface area contributed by atoms with Crippen LogP contribution < -0.4 is 5.32 Å². The van der Waals surface area contributed by atoms with Crippen LogP contribution in [0.15, 0.2) is 10.9 Å². The van der Waals surface area contributed by atoms with Gasteiger partial charge in [-0.2, -0.15) is 4.98 Å². The molecule has 0 bridgehead atoms. The largest absolute Gasteiger partial charge is 0.343 e. The van der Waals surface area contributed by atoms with Crippen LogP contribution in [0.4, 0.5) is 0 Å². The molecule has 1 aliphatic carbocycles. The van der Waals surface area contributed by atoms with Crippen LogP contribution in [-0.2, 0) is 6.42 Å². The maximum atomic E-state index is 4.69. The number of rotatable bonds is 4. The molecule has 1 N–H and O–H groups in total. The van der Waals surface area contributed by atoms with Gasteiger partial charge in [0.1, 0.15) is 0 Å². The van der Waals surface area contributed by atoms with Crippen molar-refractivity contribution in [2.45, 2.75) is 45.6 Å². The Kier molecular flexibility index (Phi) is 3.05. The summed E-state index contributed by atoms with van der Waals surface area (Å²) < 4.78 is 4.69. The molecule has 15 heavy (non-hydrogen) atoms. The molecule has 2 rings (SSSR count). The van der Waals surface area contributed by atoms with E-state index < -0.39 is 0 Å². The molecule has 1 atom stereocenters. The lowest BCUT2D eigenvalue weighted by molar-refractivity contribution is 0.284. The molecule has 0 amide bonds. The normalized spacial score (nSPS) is 24.5. The zero-order valence-corrected chi connectivity index (χ0v) is 9.49. The molecule has 1 aromatic rings. The highest BCUT2D eigenvalue weighted by atomic mass is 16.5. The quantitative estimate of drug-likeness (QED) is 0.821. The second kappa shape index (κ2) is 4.31. The maximum Gasteiger partial charge on any atom is 0.213 e. The van der Waals surface area contributed by atoms with Gasteiger partial charge in [-0.1, -0.05) is 25.4 Å². The minimum absolute atomic E-state index is 0.442. The van der Waals surface area contributed by atoms with Crippen molar-refractivity contribution in [2.75, 3.05) is 6.54 Å². The van der Waals surface area contributed by atoms with E-state index in [2.05, 4.69) is 33.8 Å². The van der Waals surface area contributed by atoms with Gasteiger partial charge in [-0.25, -0.2) is 0 Å². The third-order valence-corrected chi connectivity index (χ3v) is 3.40. The Morgan fingerprint density at radius 2 is 2.47 bits per heavy atom. The van der Waals surface area contributed by atoms with Crippen molar-refractivity contribution in [1.29, 1.82) is 0 Å². The van der Waals surface area contributed by atoms with Crippen LogP contribution in [0.5, 0.6) is 0 Å². The second-order valence-electron chi connectivity index (χ2n) is 4.98. The van der Waals surface area contributed by atoms with Crippen LogP contribution in [0.3, 0.4) is 0 Å². The average Bonchev–Trinajstić information content (AvgIpc) is 2.77. The molecule has 1 saturated carbocycles. The highest BCUT2D eigenvalue weighted by Crippen LogP contribution is 2.36. The van der Waals surface area contributed by atoms with Crippen LogP contribution in [0.1, 0.15) is 38.9 Å². The molecule has 4 heteroatoms. The van der Waals surface area contributed by atoms with Crippen LogP contribution in [0.25, 0.3) is 0 Å². The standard InChI is InChI=1S/C11H19N3O/c1-11(2)6-3-4-9(11)12-7-5-10-13-8-15-14-10/h8-9,12H,3-7H2,1-2H3. The van der Waals surface area contributed by atoms with Crippen molar-refractivity contribution in [1.82, 2.24) is 15.5 Å². The summed E-state index contributed by atoms with van der Waals surface area (Å²) in [6, 6.07) is 0.643. The Hall–Kier alpha value is -0.900. The smallest absolute Gasteiger partial charge is 0.213 e.